The lowest BCUT2D eigenvalue weighted by molar-refractivity contribution is -0.153. The number of esters is 1. The molecule has 0 amide bonds. The maximum atomic E-state index is 11.6. The number of rotatable bonds is 2. The lowest BCUT2D eigenvalue weighted by atomic mass is 10.0. The smallest absolute Gasteiger partial charge is 0.338 e. The highest BCUT2D eigenvalue weighted by atomic mass is 35.5. The van der Waals surface area contributed by atoms with Gasteiger partial charge in [0.05, 0.1) is 7.11 Å². The Morgan fingerprint density at radius 2 is 2.06 bits per heavy atom. The van der Waals surface area contributed by atoms with Gasteiger partial charge in [0, 0.05) is 15.6 Å². The molecule has 1 unspecified atom stereocenters. The highest BCUT2D eigenvalue weighted by Crippen LogP contribution is 2.37. The average molecular weight is 291 g/mol. The number of ether oxygens (including phenoxy) is 3. The predicted molar refractivity (Wildman–Crippen MR) is 66.6 cm³/mol. The molecule has 1 fully saturated rings. The first-order valence-corrected chi connectivity index (χ1v) is 6.12. The Morgan fingerprint density at radius 3 is 2.67 bits per heavy atom. The minimum absolute atomic E-state index is 0.430. The van der Waals surface area contributed by atoms with Crippen molar-refractivity contribution >= 4 is 29.2 Å². The van der Waals surface area contributed by atoms with Gasteiger partial charge in [-0.2, -0.15) is 0 Å². The van der Waals surface area contributed by atoms with Crippen LogP contribution in [0.3, 0.4) is 0 Å². The van der Waals surface area contributed by atoms with Crippen molar-refractivity contribution in [1.29, 1.82) is 0 Å². The Kier molecular flexibility index (Phi) is 4.12. The normalized spacial score (nSPS) is 27.2. The fourth-order valence-electron chi connectivity index (χ4n) is 1.85. The molecule has 1 aliphatic rings. The molecular weight excluding hydrogens is 279 g/mol. The molecular formula is C12H12Cl2O4. The van der Waals surface area contributed by atoms with Gasteiger partial charge in [0.15, 0.2) is 12.4 Å². The molecule has 0 saturated carbocycles. The third kappa shape index (κ3) is 2.62. The molecule has 1 heterocycles. The van der Waals surface area contributed by atoms with E-state index in [1.165, 1.54) is 7.11 Å². The van der Waals surface area contributed by atoms with E-state index in [0.717, 1.165) is 0 Å². The zero-order valence-electron chi connectivity index (χ0n) is 9.85. The van der Waals surface area contributed by atoms with E-state index in [9.17, 15) is 4.79 Å². The minimum atomic E-state index is -0.816. The van der Waals surface area contributed by atoms with Crippen molar-refractivity contribution in [2.45, 2.75) is 25.4 Å². The van der Waals surface area contributed by atoms with Crippen LogP contribution < -0.4 is 0 Å². The maximum absolute atomic E-state index is 11.6. The van der Waals surface area contributed by atoms with Crippen molar-refractivity contribution in [2.24, 2.45) is 0 Å². The third-order valence-electron chi connectivity index (χ3n) is 2.65. The highest BCUT2D eigenvalue weighted by Gasteiger charge is 2.41. The largest absolute Gasteiger partial charge is 0.467 e. The van der Waals surface area contributed by atoms with E-state index in [0.29, 0.717) is 15.6 Å². The van der Waals surface area contributed by atoms with E-state index in [2.05, 4.69) is 4.74 Å². The molecule has 1 aromatic rings. The molecule has 98 valence electrons. The minimum Gasteiger partial charge on any atom is -0.467 e. The summed E-state index contributed by atoms with van der Waals surface area (Å²) in [6, 6.07) is 5.00. The summed E-state index contributed by atoms with van der Waals surface area (Å²) >= 11 is 11.9. The zero-order chi connectivity index (χ0) is 13.3. The van der Waals surface area contributed by atoms with Gasteiger partial charge in [-0.1, -0.05) is 29.3 Å². The van der Waals surface area contributed by atoms with E-state index < -0.39 is 24.5 Å². The molecule has 2 rings (SSSR count). The summed E-state index contributed by atoms with van der Waals surface area (Å²) < 4.78 is 15.6. The summed E-state index contributed by atoms with van der Waals surface area (Å²) in [5.41, 5.74) is 0.654. The van der Waals surface area contributed by atoms with E-state index in [4.69, 9.17) is 32.7 Å². The molecule has 0 aliphatic carbocycles. The number of hydrogen-bond acceptors (Lipinski definition) is 4. The van der Waals surface area contributed by atoms with Gasteiger partial charge in [-0.25, -0.2) is 4.79 Å². The summed E-state index contributed by atoms with van der Waals surface area (Å²) in [7, 11) is 1.30. The van der Waals surface area contributed by atoms with Crippen molar-refractivity contribution in [2.75, 3.05) is 7.11 Å². The van der Waals surface area contributed by atoms with Gasteiger partial charge in [0.25, 0.3) is 0 Å². The molecule has 0 N–H and O–H groups in total. The lowest BCUT2D eigenvalue weighted by Crippen LogP contribution is -2.27. The number of hydrogen-bond donors (Lipinski definition) is 0. The Hall–Kier alpha value is -0.810. The van der Waals surface area contributed by atoms with Crippen molar-refractivity contribution in [3.63, 3.8) is 0 Å². The topological polar surface area (TPSA) is 44.8 Å². The van der Waals surface area contributed by atoms with Gasteiger partial charge in [-0.05, 0) is 19.1 Å². The maximum Gasteiger partial charge on any atom is 0.338 e. The second-order valence-electron chi connectivity index (χ2n) is 3.87. The summed E-state index contributed by atoms with van der Waals surface area (Å²) in [5, 5.41) is 0.949. The predicted octanol–water partition coefficient (Wildman–Crippen LogP) is 2.97. The monoisotopic (exact) mass is 290 g/mol. The van der Waals surface area contributed by atoms with E-state index in [1.807, 2.05) is 0 Å². The molecule has 4 nitrogen and oxygen atoms in total. The molecule has 1 saturated heterocycles. The van der Waals surface area contributed by atoms with Gasteiger partial charge >= 0.3 is 5.97 Å². The van der Waals surface area contributed by atoms with Crippen LogP contribution >= 0.6 is 23.2 Å². The molecule has 0 spiro atoms. The summed E-state index contributed by atoms with van der Waals surface area (Å²) in [4.78, 5) is 11.6. The van der Waals surface area contributed by atoms with Gasteiger partial charge < -0.3 is 14.2 Å². The van der Waals surface area contributed by atoms with Gasteiger partial charge in [-0.15, -0.1) is 0 Å². The van der Waals surface area contributed by atoms with Gasteiger partial charge in [0.2, 0.25) is 0 Å². The van der Waals surface area contributed by atoms with Gasteiger partial charge in [0.1, 0.15) is 6.10 Å². The quantitative estimate of drug-likeness (QED) is 0.786. The number of methoxy groups -OCH3 is 1. The summed E-state index contributed by atoms with van der Waals surface area (Å²) in [6.07, 6.45) is -1.90. The van der Waals surface area contributed by atoms with E-state index in [1.54, 1.807) is 25.1 Å². The summed E-state index contributed by atoms with van der Waals surface area (Å²) in [5.74, 6) is -0.490. The van der Waals surface area contributed by atoms with E-state index >= 15 is 0 Å². The van der Waals surface area contributed by atoms with Crippen LogP contribution in [0, 0.1) is 0 Å². The Bertz CT molecular complexity index is 463. The fourth-order valence-corrected chi connectivity index (χ4v) is 2.37. The standard InChI is InChI=1S/C12H12Cl2O4/c1-6-17-10(11(18-6)12(15)16-2)8-4-3-7(13)5-9(8)14/h3-6,10-11H,1-2H3/t6?,10-,11+/m0/s1. The molecule has 0 aromatic heterocycles. The Morgan fingerprint density at radius 1 is 1.33 bits per heavy atom. The van der Waals surface area contributed by atoms with Crippen molar-refractivity contribution in [3.8, 4) is 0 Å². The van der Waals surface area contributed by atoms with Crippen molar-refractivity contribution in [1.82, 2.24) is 0 Å². The molecule has 0 radical (unpaired) electrons. The van der Waals surface area contributed by atoms with Crippen LogP contribution in [0.2, 0.25) is 10.0 Å². The second kappa shape index (κ2) is 5.45. The van der Waals surface area contributed by atoms with Crippen LogP contribution in [0.1, 0.15) is 18.6 Å². The SMILES string of the molecule is COC(=O)[C@@H]1OC(C)O[C@H]1c1ccc(Cl)cc1Cl. The molecule has 1 aromatic carbocycles. The molecule has 18 heavy (non-hydrogen) atoms. The molecule has 0 bridgehead atoms. The van der Waals surface area contributed by atoms with Crippen LogP contribution in [0.15, 0.2) is 18.2 Å². The molecule has 6 heteroatoms. The number of benzene rings is 1. The average Bonchev–Trinajstić information content (AvgIpc) is 2.70. The number of carbonyl (C=O) groups excluding carboxylic acids is 1. The first-order valence-electron chi connectivity index (χ1n) is 5.36. The molecule has 3 atom stereocenters. The molecule has 1 aliphatic heterocycles. The van der Waals surface area contributed by atoms with Crippen molar-refractivity contribution < 1.29 is 19.0 Å². The Balaban J connectivity index is 2.32. The van der Waals surface area contributed by atoms with Crippen LogP contribution in [0.25, 0.3) is 0 Å². The van der Waals surface area contributed by atoms with Gasteiger partial charge in [-0.3, -0.25) is 0 Å². The van der Waals surface area contributed by atoms with Crippen molar-refractivity contribution in [3.05, 3.63) is 33.8 Å². The number of carbonyl (C=O) groups is 1. The number of halogens is 2. The lowest BCUT2D eigenvalue weighted by Gasteiger charge is -2.16. The zero-order valence-corrected chi connectivity index (χ0v) is 11.4. The van der Waals surface area contributed by atoms with Crippen LogP contribution in [-0.4, -0.2) is 25.5 Å². The summed E-state index contributed by atoms with van der Waals surface area (Å²) in [6.45, 7) is 1.71. The van der Waals surface area contributed by atoms with Crippen LogP contribution in [0.4, 0.5) is 0 Å². The highest BCUT2D eigenvalue weighted by molar-refractivity contribution is 6.35. The Labute approximate surface area is 115 Å². The third-order valence-corrected chi connectivity index (χ3v) is 3.22. The first kappa shape index (κ1) is 13.6. The van der Waals surface area contributed by atoms with Crippen LogP contribution in [0.5, 0.6) is 0 Å². The van der Waals surface area contributed by atoms with E-state index in [-0.39, 0.29) is 0 Å². The first-order chi connectivity index (χ1) is 8.52. The fraction of sp³-hybridized carbons (Fsp3) is 0.417. The van der Waals surface area contributed by atoms with Crippen LogP contribution in [-0.2, 0) is 19.0 Å². The second-order valence-corrected chi connectivity index (χ2v) is 4.71.